The van der Waals surface area contributed by atoms with Gasteiger partial charge in [0.1, 0.15) is 0 Å². The Morgan fingerprint density at radius 3 is 1.67 bits per heavy atom. The number of rotatable bonds is 3. The molecule has 0 aromatic carbocycles. The van der Waals surface area contributed by atoms with E-state index in [9.17, 15) is 0 Å². The molecule has 0 aliphatic heterocycles. The van der Waals surface area contributed by atoms with Crippen LogP contribution in [0.2, 0.25) is 0 Å². The summed E-state index contributed by atoms with van der Waals surface area (Å²) in [6.45, 7) is 10.8. The predicted molar refractivity (Wildman–Crippen MR) is 45.7 cm³/mol. The van der Waals surface area contributed by atoms with Crippen molar-refractivity contribution < 1.29 is 0 Å². The van der Waals surface area contributed by atoms with Gasteiger partial charge in [0.25, 0.3) is 0 Å². The largest absolute Gasteiger partial charge is 0.0683 e. The highest BCUT2D eigenvalue weighted by atomic mass is 14.0. The molecule has 0 N–H and O–H groups in total. The van der Waals surface area contributed by atoms with E-state index in [2.05, 4.69) is 20.8 Å². The zero-order valence-corrected chi connectivity index (χ0v) is 7.70. The standard InChI is InChI=1S/C7H16.C2H6/c1-4-6-7(3)5-2;1-2/h7H,4-6H2,1-3H3;1-2H3. The van der Waals surface area contributed by atoms with Crippen LogP contribution in [0.25, 0.3) is 0 Å². The maximum Gasteiger partial charge on any atom is -0.0446 e. The molecule has 1 unspecified atom stereocenters. The Hall–Kier alpha value is 0. The Labute approximate surface area is 60.7 Å². The lowest BCUT2D eigenvalue weighted by atomic mass is 10.0. The van der Waals surface area contributed by atoms with Gasteiger partial charge in [0.05, 0.1) is 0 Å². The molecule has 58 valence electrons. The highest BCUT2D eigenvalue weighted by molar-refractivity contribution is 4.45. The average molecular weight is 130 g/mol. The molecular formula is C9H22. The molecule has 0 fully saturated rings. The molecule has 0 aliphatic rings. The topological polar surface area (TPSA) is 0 Å². The van der Waals surface area contributed by atoms with E-state index >= 15 is 0 Å². The van der Waals surface area contributed by atoms with Gasteiger partial charge in [-0.05, 0) is 5.92 Å². The molecule has 0 heterocycles. The van der Waals surface area contributed by atoms with Gasteiger partial charge in [-0.3, -0.25) is 0 Å². The van der Waals surface area contributed by atoms with Crippen LogP contribution in [0, 0.1) is 5.92 Å². The smallest absolute Gasteiger partial charge is 0.0446 e. The second kappa shape index (κ2) is 10.9. The summed E-state index contributed by atoms with van der Waals surface area (Å²) in [5, 5.41) is 0. The summed E-state index contributed by atoms with van der Waals surface area (Å²) in [6, 6.07) is 0. The Morgan fingerprint density at radius 1 is 1.11 bits per heavy atom. The van der Waals surface area contributed by atoms with Crippen molar-refractivity contribution in [2.75, 3.05) is 0 Å². The van der Waals surface area contributed by atoms with Gasteiger partial charge < -0.3 is 0 Å². The lowest BCUT2D eigenvalue weighted by Crippen LogP contribution is -1.88. The summed E-state index contributed by atoms with van der Waals surface area (Å²) in [5.74, 6) is 0.949. The van der Waals surface area contributed by atoms with Crippen molar-refractivity contribution in [2.24, 2.45) is 5.92 Å². The van der Waals surface area contributed by atoms with Crippen molar-refractivity contribution in [1.29, 1.82) is 0 Å². The minimum Gasteiger partial charge on any atom is -0.0683 e. The molecule has 0 aliphatic carbocycles. The third-order valence-corrected chi connectivity index (χ3v) is 1.48. The highest BCUT2D eigenvalue weighted by Crippen LogP contribution is 2.07. The third kappa shape index (κ3) is 11.5. The molecular weight excluding hydrogens is 108 g/mol. The van der Waals surface area contributed by atoms with Crippen molar-refractivity contribution >= 4 is 0 Å². The van der Waals surface area contributed by atoms with Gasteiger partial charge in [-0.15, -0.1) is 0 Å². The van der Waals surface area contributed by atoms with E-state index in [1.54, 1.807) is 0 Å². The molecule has 0 rings (SSSR count). The van der Waals surface area contributed by atoms with Crippen LogP contribution in [0.4, 0.5) is 0 Å². The van der Waals surface area contributed by atoms with E-state index in [4.69, 9.17) is 0 Å². The maximum atomic E-state index is 2.31. The fraction of sp³-hybridized carbons (Fsp3) is 1.00. The second-order valence-corrected chi connectivity index (χ2v) is 2.30. The summed E-state index contributed by atoms with van der Waals surface area (Å²) in [4.78, 5) is 0. The van der Waals surface area contributed by atoms with Crippen molar-refractivity contribution in [3.05, 3.63) is 0 Å². The van der Waals surface area contributed by atoms with E-state index in [0.717, 1.165) is 5.92 Å². The molecule has 0 bridgehead atoms. The lowest BCUT2D eigenvalue weighted by Gasteiger charge is -2.02. The Balaban J connectivity index is 0. The second-order valence-electron chi connectivity index (χ2n) is 2.30. The molecule has 0 saturated heterocycles. The van der Waals surface area contributed by atoms with Crippen molar-refractivity contribution in [3.8, 4) is 0 Å². The van der Waals surface area contributed by atoms with Crippen LogP contribution in [-0.4, -0.2) is 0 Å². The van der Waals surface area contributed by atoms with Crippen LogP contribution >= 0.6 is 0 Å². The zero-order valence-electron chi connectivity index (χ0n) is 7.70. The first-order valence-electron chi connectivity index (χ1n) is 4.31. The molecule has 0 radical (unpaired) electrons. The Morgan fingerprint density at radius 2 is 1.56 bits per heavy atom. The van der Waals surface area contributed by atoms with Crippen LogP contribution in [0.5, 0.6) is 0 Å². The quantitative estimate of drug-likeness (QED) is 0.544. The molecule has 0 saturated carbocycles. The molecule has 0 heteroatoms. The van der Waals surface area contributed by atoms with E-state index in [-0.39, 0.29) is 0 Å². The van der Waals surface area contributed by atoms with Crippen LogP contribution in [0.3, 0.4) is 0 Å². The van der Waals surface area contributed by atoms with Crippen LogP contribution in [0.15, 0.2) is 0 Å². The van der Waals surface area contributed by atoms with Gasteiger partial charge in [-0.2, -0.15) is 0 Å². The number of hydrogen-bond donors (Lipinski definition) is 0. The SMILES string of the molecule is CC.CCCC(C)CC. The molecule has 0 amide bonds. The first-order chi connectivity index (χ1) is 4.31. The van der Waals surface area contributed by atoms with Crippen molar-refractivity contribution in [3.63, 3.8) is 0 Å². The van der Waals surface area contributed by atoms with Gasteiger partial charge in [-0.25, -0.2) is 0 Å². The fourth-order valence-corrected chi connectivity index (χ4v) is 0.697. The molecule has 0 nitrogen and oxygen atoms in total. The molecule has 0 aromatic heterocycles. The van der Waals surface area contributed by atoms with E-state index in [0.29, 0.717) is 0 Å². The monoisotopic (exact) mass is 130 g/mol. The van der Waals surface area contributed by atoms with Crippen molar-refractivity contribution in [2.45, 2.75) is 53.9 Å². The van der Waals surface area contributed by atoms with Crippen LogP contribution < -0.4 is 0 Å². The summed E-state index contributed by atoms with van der Waals surface area (Å²) >= 11 is 0. The average Bonchev–Trinajstić information content (AvgIpc) is 1.93. The van der Waals surface area contributed by atoms with Gasteiger partial charge in [0.2, 0.25) is 0 Å². The Bertz CT molecular complexity index is 31.0. The minimum absolute atomic E-state index is 0.949. The maximum absolute atomic E-state index is 2.31. The third-order valence-electron chi connectivity index (χ3n) is 1.48. The highest BCUT2D eigenvalue weighted by Gasteiger charge is 1.92. The van der Waals surface area contributed by atoms with Gasteiger partial charge >= 0.3 is 0 Å². The van der Waals surface area contributed by atoms with Crippen LogP contribution in [-0.2, 0) is 0 Å². The molecule has 1 atom stereocenters. The minimum atomic E-state index is 0.949. The van der Waals surface area contributed by atoms with Crippen LogP contribution in [0.1, 0.15) is 53.9 Å². The van der Waals surface area contributed by atoms with E-state index in [1.165, 1.54) is 19.3 Å². The molecule has 0 spiro atoms. The van der Waals surface area contributed by atoms with Gasteiger partial charge in [0.15, 0.2) is 0 Å². The first kappa shape index (κ1) is 11.8. The van der Waals surface area contributed by atoms with E-state index < -0.39 is 0 Å². The molecule has 9 heavy (non-hydrogen) atoms. The first-order valence-corrected chi connectivity index (χ1v) is 4.31. The normalized spacial score (nSPS) is 11.7. The summed E-state index contributed by atoms with van der Waals surface area (Å²) in [6.07, 6.45) is 4.08. The van der Waals surface area contributed by atoms with Crippen molar-refractivity contribution in [1.82, 2.24) is 0 Å². The fourth-order valence-electron chi connectivity index (χ4n) is 0.697. The summed E-state index contributed by atoms with van der Waals surface area (Å²) in [5.41, 5.74) is 0. The summed E-state index contributed by atoms with van der Waals surface area (Å²) in [7, 11) is 0. The predicted octanol–water partition coefficient (Wildman–Crippen LogP) is 3.86. The van der Waals surface area contributed by atoms with Gasteiger partial charge in [-0.1, -0.05) is 53.9 Å². The molecule has 0 aromatic rings. The van der Waals surface area contributed by atoms with Gasteiger partial charge in [0, 0.05) is 0 Å². The summed E-state index contributed by atoms with van der Waals surface area (Å²) < 4.78 is 0. The zero-order chi connectivity index (χ0) is 7.70. The Kier molecular flexibility index (Phi) is 14.2. The number of hydrogen-bond acceptors (Lipinski definition) is 0. The lowest BCUT2D eigenvalue weighted by molar-refractivity contribution is 0.509. The van der Waals surface area contributed by atoms with E-state index in [1.807, 2.05) is 13.8 Å².